The van der Waals surface area contributed by atoms with Crippen LogP contribution in [0.5, 0.6) is 11.5 Å². The highest BCUT2D eigenvalue weighted by molar-refractivity contribution is 6.30. The standard InChI is InChI=1S/C22H26ClN3O5/c1-15(27)24-20-7-6-18(28)10-21(20)31-14-19(29)12-26-9-8-25(13-22(26)30)11-16-2-4-17(23)5-3-16/h2-7,10,19,28-29H,8-9,11-14H2,1H3,(H,24,27)/t19-/m1/s1. The number of piperazine rings is 1. The predicted molar refractivity (Wildman–Crippen MR) is 117 cm³/mol. The normalized spacial score (nSPS) is 15.6. The number of carbonyl (C=O) groups excluding carboxylic acids is 2. The SMILES string of the molecule is CC(=O)Nc1ccc(O)cc1OC[C@H](O)CN1CCN(Cc2ccc(Cl)cc2)CC1=O. The van der Waals surface area contributed by atoms with Crippen LogP contribution in [-0.4, -0.2) is 70.7 Å². The molecule has 0 bridgehead atoms. The number of aliphatic hydroxyl groups excluding tert-OH is 1. The zero-order valence-corrected chi connectivity index (χ0v) is 18.0. The lowest BCUT2D eigenvalue weighted by Gasteiger charge is -2.35. The van der Waals surface area contributed by atoms with Crippen LogP contribution in [-0.2, 0) is 16.1 Å². The molecule has 8 nitrogen and oxygen atoms in total. The second-order valence-electron chi connectivity index (χ2n) is 7.50. The van der Waals surface area contributed by atoms with E-state index in [0.717, 1.165) is 5.56 Å². The van der Waals surface area contributed by atoms with E-state index in [0.29, 0.717) is 30.3 Å². The van der Waals surface area contributed by atoms with Crippen molar-refractivity contribution in [3.63, 3.8) is 0 Å². The zero-order valence-electron chi connectivity index (χ0n) is 17.3. The Morgan fingerprint density at radius 2 is 1.97 bits per heavy atom. The number of amides is 2. The van der Waals surface area contributed by atoms with Crippen LogP contribution in [0.4, 0.5) is 5.69 Å². The summed E-state index contributed by atoms with van der Waals surface area (Å²) in [5.74, 6) is -0.118. The summed E-state index contributed by atoms with van der Waals surface area (Å²) in [5, 5.41) is 23.3. The minimum atomic E-state index is -0.917. The Hall–Kier alpha value is -2.81. The maximum Gasteiger partial charge on any atom is 0.236 e. The third-order valence-electron chi connectivity index (χ3n) is 4.86. The Morgan fingerprint density at radius 1 is 1.23 bits per heavy atom. The van der Waals surface area contributed by atoms with Crippen LogP contribution < -0.4 is 10.1 Å². The Balaban J connectivity index is 1.48. The van der Waals surface area contributed by atoms with Gasteiger partial charge in [0.15, 0.2) is 0 Å². The average molecular weight is 448 g/mol. The van der Waals surface area contributed by atoms with E-state index in [-0.39, 0.29) is 43.0 Å². The first-order valence-electron chi connectivity index (χ1n) is 9.96. The molecule has 0 unspecified atom stereocenters. The Labute approximate surface area is 186 Å². The molecule has 0 radical (unpaired) electrons. The van der Waals surface area contributed by atoms with Crippen molar-refractivity contribution in [2.24, 2.45) is 0 Å². The maximum absolute atomic E-state index is 12.5. The third kappa shape index (κ3) is 6.85. The fraction of sp³-hybridized carbons (Fsp3) is 0.364. The number of anilines is 1. The van der Waals surface area contributed by atoms with Gasteiger partial charge in [-0.1, -0.05) is 23.7 Å². The van der Waals surface area contributed by atoms with E-state index in [2.05, 4.69) is 10.2 Å². The van der Waals surface area contributed by atoms with Gasteiger partial charge in [-0.05, 0) is 29.8 Å². The molecule has 1 atom stereocenters. The van der Waals surface area contributed by atoms with Gasteiger partial charge in [0.2, 0.25) is 11.8 Å². The topological polar surface area (TPSA) is 102 Å². The molecule has 1 fully saturated rings. The number of hydrogen-bond acceptors (Lipinski definition) is 6. The van der Waals surface area contributed by atoms with Gasteiger partial charge in [0.1, 0.15) is 24.2 Å². The summed E-state index contributed by atoms with van der Waals surface area (Å²) < 4.78 is 5.58. The number of halogens is 1. The van der Waals surface area contributed by atoms with Crippen LogP contribution in [0.25, 0.3) is 0 Å². The minimum absolute atomic E-state index is 0.0226. The molecule has 0 aromatic heterocycles. The third-order valence-corrected chi connectivity index (χ3v) is 5.11. The number of phenols is 1. The predicted octanol–water partition coefficient (Wildman–Crippen LogP) is 2.09. The molecule has 0 saturated carbocycles. The number of ether oxygens (including phenoxy) is 1. The van der Waals surface area contributed by atoms with Crippen molar-refractivity contribution in [3.05, 3.63) is 53.1 Å². The number of benzene rings is 2. The molecule has 3 rings (SSSR count). The molecule has 2 aromatic carbocycles. The van der Waals surface area contributed by atoms with Gasteiger partial charge >= 0.3 is 0 Å². The van der Waals surface area contributed by atoms with Gasteiger partial charge < -0.3 is 25.2 Å². The summed E-state index contributed by atoms with van der Waals surface area (Å²) in [6.07, 6.45) is -0.917. The van der Waals surface area contributed by atoms with Crippen molar-refractivity contribution in [2.75, 3.05) is 38.1 Å². The quantitative estimate of drug-likeness (QED) is 0.535. The zero-order chi connectivity index (χ0) is 22.4. The largest absolute Gasteiger partial charge is 0.508 e. The van der Waals surface area contributed by atoms with E-state index in [1.165, 1.54) is 25.1 Å². The van der Waals surface area contributed by atoms with Crippen LogP contribution in [0, 0.1) is 0 Å². The fourth-order valence-corrected chi connectivity index (χ4v) is 3.48. The van der Waals surface area contributed by atoms with Gasteiger partial charge in [-0.15, -0.1) is 0 Å². The van der Waals surface area contributed by atoms with E-state index in [9.17, 15) is 19.8 Å². The molecule has 2 amide bonds. The summed E-state index contributed by atoms with van der Waals surface area (Å²) in [5.41, 5.74) is 1.48. The van der Waals surface area contributed by atoms with Crippen molar-refractivity contribution in [1.29, 1.82) is 0 Å². The average Bonchev–Trinajstić information content (AvgIpc) is 2.71. The highest BCUT2D eigenvalue weighted by atomic mass is 35.5. The molecular weight excluding hydrogens is 422 g/mol. The molecule has 0 aliphatic carbocycles. The number of rotatable bonds is 8. The summed E-state index contributed by atoms with van der Waals surface area (Å²) in [6, 6.07) is 11.8. The molecule has 9 heteroatoms. The van der Waals surface area contributed by atoms with Gasteiger partial charge in [-0.25, -0.2) is 0 Å². The number of nitrogens with zero attached hydrogens (tertiary/aromatic N) is 2. The molecule has 0 spiro atoms. The smallest absolute Gasteiger partial charge is 0.236 e. The molecule has 2 aromatic rings. The Morgan fingerprint density at radius 3 is 2.65 bits per heavy atom. The van der Waals surface area contributed by atoms with E-state index in [4.69, 9.17) is 16.3 Å². The van der Waals surface area contributed by atoms with Crippen LogP contribution in [0.15, 0.2) is 42.5 Å². The molecule has 1 aliphatic heterocycles. The van der Waals surface area contributed by atoms with Crippen LogP contribution in [0.3, 0.4) is 0 Å². The summed E-state index contributed by atoms with van der Waals surface area (Å²) >= 11 is 5.91. The number of aliphatic hydroxyl groups is 1. The van der Waals surface area contributed by atoms with Crippen molar-refractivity contribution in [2.45, 2.75) is 19.6 Å². The molecule has 166 valence electrons. The highest BCUT2D eigenvalue weighted by Gasteiger charge is 2.26. The number of carbonyl (C=O) groups is 2. The Bertz CT molecular complexity index is 922. The molecular formula is C22H26ClN3O5. The number of hydrogen-bond donors (Lipinski definition) is 3. The number of nitrogens with one attached hydrogen (secondary N) is 1. The van der Waals surface area contributed by atoms with Crippen molar-refractivity contribution in [1.82, 2.24) is 9.80 Å². The maximum atomic E-state index is 12.5. The van der Waals surface area contributed by atoms with Gasteiger partial charge in [0.25, 0.3) is 0 Å². The Kier molecular flexibility index (Phi) is 7.73. The molecule has 1 heterocycles. The number of phenolic OH excluding ortho intramolecular Hbond substituents is 1. The number of β-amino-alcohol motifs (C(OH)–C–C–N with tert-alkyl or cyclic N) is 1. The summed E-state index contributed by atoms with van der Waals surface area (Å²) in [4.78, 5) is 27.5. The van der Waals surface area contributed by atoms with Gasteiger partial charge in [-0.3, -0.25) is 14.5 Å². The fourth-order valence-electron chi connectivity index (χ4n) is 3.35. The first-order valence-corrected chi connectivity index (χ1v) is 10.3. The first kappa shape index (κ1) is 22.9. The van der Waals surface area contributed by atoms with Crippen molar-refractivity contribution < 1.29 is 24.5 Å². The summed E-state index contributed by atoms with van der Waals surface area (Å²) in [6.45, 7) is 3.55. The van der Waals surface area contributed by atoms with Crippen molar-refractivity contribution in [3.8, 4) is 11.5 Å². The van der Waals surface area contributed by atoms with E-state index < -0.39 is 6.10 Å². The van der Waals surface area contributed by atoms with Crippen LogP contribution in [0.1, 0.15) is 12.5 Å². The van der Waals surface area contributed by atoms with E-state index in [1.807, 2.05) is 24.3 Å². The lowest BCUT2D eigenvalue weighted by Crippen LogP contribution is -2.52. The van der Waals surface area contributed by atoms with Crippen LogP contribution >= 0.6 is 11.6 Å². The van der Waals surface area contributed by atoms with E-state index >= 15 is 0 Å². The first-order chi connectivity index (χ1) is 14.8. The van der Waals surface area contributed by atoms with Gasteiger partial charge in [0, 0.05) is 44.2 Å². The van der Waals surface area contributed by atoms with E-state index in [1.54, 1.807) is 4.90 Å². The lowest BCUT2D eigenvalue weighted by atomic mass is 10.2. The second-order valence-corrected chi connectivity index (χ2v) is 7.94. The molecule has 1 aliphatic rings. The molecule has 1 saturated heterocycles. The van der Waals surface area contributed by atoms with Crippen LogP contribution in [0.2, 0.25) is 5.02 Å². The lowest BCUT2D eigenvalue weighted by molar-refractivity contribution is -0.138. The van der Waals surface area contributed by atoms with Gasteiger partial charge in [-0.2, -0.15) is 0 Å². The monoisotopic (exact) mass is 447 g/mol. The molecule has 3 N–H and O–H groups in total. The minimum Gasteiger partial charge on any atom is -0.508 e. The van der Waals surface area contributed by atoms with Crippen molar-refractivity contribution >= 4 is 29.1 Å². The number of aromatic hydroxyl groups is 1. The second kappa shape index (κ2) is 10.5. The van der Waals surface area contributed by atoms with Gasteiger partial charge in [0.05, 0.1) is 12.2 Å². The summed E-state index contributed by atoms with van der Waals surface area (Å²) in [7, 11) is 0. The molecule has 31 heavy (non-hydrogen) atoms. The highest BCUT2D eigenvalue weighted by Crippen LogP contribution is 2.29.